The molecule has 2 aromatic rings. The van der Waals surface area contributed by atoms with Gasteiger partial charge in [0.25, 0.3) is 0 Å². The summed E-state index contributed by atoms with van der Waals surface area (Å²) in [4.78, 5) is 0. The predicted octanol–water partition coefficient (Wildman–Crippen LogP) is 4.48. The van der Waals surface area contributed by atoms with E-state index >= 15 is 0 Å². The fourth-order valence-corrected chi connectivity index (χ4v) is 2.51. The van der Waals surface area contributed by atoms with Crippen LogP contribution in [0.15, 0.2) is 18.2 Å². The van der Waals surface area contributed by atoms with Crippen LogP contribution in [0.2, 0.25) is 5.02 Å². The van der Waals surface area contributed by atoms with Gasteiger partial charge in [-0.25, -0.2) is 0 Å². The molecule has 3 nitrogen and oxygen atoms in total. The maximum absolute atomic E-state index is 12.8. The summed E-state index contributed by atoms with van der Waals surface area (Å²) in [5, 5.41) is 6.74. The van der Waals surface area contributed by atoms with Crippen molar-refractivity contribution in [1.82, 2.24) is 14.8 Å². The highest BCUT2D eigenvalue weighted by Crippen LogP contribution is 2.40. The van der Waals surface area contributed by atoms with E-state index < -0.39 is 11.7 Å². The minimum Gasteiger partial charge on any atom is -0.272 e. The Hall–Kier alpha value is -1.34. The van der Waals surface area contributed by atoms with Crippen molar-refractivity contribution in [1.29, 1.82) is 0 Å². The summed E-state index contributed by atoms with van der Waals surface area (Å²) in [7, 11) is 0. The zero-order chi connectivity index (χ0) is 14.5. The highest BCUT2D eigenvalue weighted by Gasteiger charge is 2.33. The Bertz CT molecular complexity index is 715. The highest BCUT2D eigenvalue weighted by molar-refractivity contribution is 7.71. The average Bonchev–Trinajstić information content (AvgIpc) is 3.11. The van der Waals surface area contributed by atoms with Crippen molar-refractivity contribution >= 4 is 23.8 Å². The first kappa shape index (κ1) is 13.6. The number of nitrogens with one attached hydrogen (secondary N) is 1. The van der Waals surface area contributed by atoms with E-state index in [1.807, 2.05) is 0 Å². The summed E-state index contributed by atoms with van der Waals surface area (Å²) in [6.07, 6.45) is -2.52. The average molecular weight is 320 g/mol. The SMILES string of the molecule is FC(F)(F)c1cc(Cl)cc(-n2c(C3CC3)n[nH]c2=S)c1. The Kier molecular flexibility index (Phi) is 3.13. The quantitative estimate of drug-likeness (QED) is 0.828. The summed E-state index contributed by atoms with van der Waals surface area (Å²) < 4.78 is 40.3. The fourth-order valence-electron chi connectivity index (χ4n) is 2.04. The van der Waals surface area contributed by atoms with E-state index in [9.17, 15) is 13.2 Å². The Morgan fingerprint density at radius 1 is 1.30 bits per heavy atom. The van der Waals surface area contributed by atoms with E-state index in [1.165, 1.54) is 10.6 Å². The van der Waals surface area contributed by atoms with Crippen LogP contribution in [0.4, 0.5) is 13.2 Å². The number of rotatable bonds is 2. The first-order valence-corrected chi connectivity index (χ1v) is 6.70. The number of H-pyrrole nitrogens is 1. The third-order valence-corrected chi connectivity index (χ3v) is 3.60. The molecule has 0 spiro atoms. The van der Waals surface area contributed by atoms with Gasteiger partial charge in [0.1, 0.15) is 5.82 Å². The van der Waals surface area contributed by atoms with E-state index in [0.29, 0.717) is 5.82 Å². The topological polar surface area (TPSA) is 33.6 Å². The van der Waals surface area contributed by atoms with Gasteiger partial charge < -0.3 is 0 Å². The van der Waals surface area contributed by atoms with Crippen LogP contribution in [-0.2, 0) is 6.18 Å². The molecule has 1 N–H and O–H groups in total. The molecule has 1 heterocycles. The highest BCUT2D eigenvalue weighted by atomic mass is 35.5. The van der Waals surface area contributed by atoms with Crippen molar-refractivity contribution in [2.24, 2.45) is 0 Å². The van der Waals surface area contributed by atoms with Gasteiger partial charge in [-0.3, -0.25) is 9.67 Å². The van der Waals surface area contributed by atoms with E-state index in [0.717, 1.165) is 25.0 Å². The molecule has 0 saturated heterocycles. The van der Waals surface area contributed by atoms with Crippen molar-refractivity contribution in [3.05, 3.63) is 39.4 Å². The molecule has 0 atom stereocenters. The van der Waals surface area contributed by atoms with Gasteiger partial charge in [-0.1, -0.05) is 11.6 Å². The minimum atomic E-state index is -4.45. The van der Waals surface area contributed by atoms with Crippen molar-refractivity contribution in [3.8, 4) is 5.69 Å². The van der Waals surface area contributed by atoms with Gasteiger partial charge in [0.15, 0.2) is 4.77 Å². The van der Waals surface area contributed by atoms with Gasteiger partial charge in [-0.15, -0.1) is 0 Å². The van der Waals surface area contributed by atoms with Crippen LogP contribution in [0.25, 0.3) is 5.69 Å². The molecule has 1 aliphatic carbocycles. The van der Waals surface area contributed by atoms with Crippen molar-refractivity contribution < 1.29 is 13.2 Å². The Morgan fingerprint density at radius 3 is 2.60 bits per heavy atom. The first-order valence-electron chi connectivity index (χ1n) is 5.92. The molecule has 20 heavy (non-hydrogen) atoms. The van der Waals surface area contributed by atoms with Crippen LogP contribution in [0, 0.1) is 4.77 Å². The standard InChI is InChI=1S/C12H9ClF3N3S/c13-8-3-7(12(14,15)16)4-9(5-8)19-10(6-1-2-6)17-18-11(19)20/h3-6H,1-2H2,(H,18,20). The number of nitrogens with zero attached hydrogens (tertiary/aromatic N) is 2. The third kappa shape index (κ3) is 2.47. The molecule has 0 amide bonds. The van der Waals surface area contributed by atoms with Crippen LogP contribution < -0.4 is 0 Å². The fraction of sp³-hybridized carbons (Fsp3) is 0.333. The first-order chi connectivity index (χ1) is 9.36. The second kappa shape index (κ2) is 4.60. The van der Waals surface area contributed by atoms with E-state index in [1.54, 1.807) is 0 Å². The number of benzene rings is 1. The maximum atomic E-state index is 12.8. The third-order valence-electron chi connectivity index (χ3n) is 3.11. The monoisotopic (exact) mass is 319 g/mol. The van der Waals surface area contributed by atoms with Gasteiger partial charge >= 0.3 is 6.18 Å². The van der Waals surface area contributed by atoms with Gasteiger partial charge in [0.05, 0.1) is 11.3 Å². The second-order valence-corrected chi connectivity index (χ2v) is 5.52. The molecule has 0 bridgehead atoms. The lowest BCUT2D eigenvalue weighted by Crippen LogP contribution is -2.07. The van der Waals surface area contributed by atoms with Gasteiger partial charge in [0, 0.05) is 10.9 Å². The molecular weight excluding hydrogens is 311 g/mol. The molecule has 0 aliphatic heterocycles. The molecule has 0 unspecified atom stereocenters. The minimum absolute atomic E-state index is 0.0136. The van der Waals surface area contributed by atoms with Crippen LogP contribution in [-0.4, -0.2) is 14.8 Å². The number of hydrogen-bond acceptors (Lipinski definition) is 2. The van der Waals surface area contributed by atoms with E-state index in [-0.39, 0.29) is 21.4 Å². The zero-order valence-electron chi connectivity index (χ0n) is 10.0. The Labute approximate surface area is 122 Å². The summed E-state index contributed by atoms with van der Waals surface area (Å²) in [5.74, 6) is 0.904. The van der Waals surface area contributed by atoms with Gasteiger partial charge in [-0.2, -0.15) is 18.3 Å². The summed E-state index contributed by atoms with van der Waals surface area (Å²) in [6, 6.07) is 3.38. The van der Waals surface area contributed by atoms with Crippen molar-refractivity contribution in [2.75, 3.05) is 0 Å². The largest absolute Gasteiger partial charge is 0.416 e. The van der Waals surface area contributed by atoms with Crippen LogP contribution in [0.1, 0.15) is 30.1 Å². The molecule has 1 saturated carbocycles. The van der Waals surface area contributed by atoms with Crippen LogP contribution >= 0.6 is 23.8 Å². The Morgan fingerprint density at radius 2 is 2.00 bits per heavy atom. The molecule has 1 aromatic carbocycles. The summed E-state index contributed by atoms with van der Waals surface area (Å²) in [6.45, 7) is 0. The number of aromatic nitrogens is 3. The van der Waals surface area contributed by atoms with Gasteiger partial charge in [0.2, 0.25) is 0 Å². The van der Waals surface area contributed by atoms with Crippen molar-refractivity contribution in [3.63, 3.8) is 0 Å². The molecule has 0 radical (unpaired) electrons. The lowest BCUT2D eigenvalue weighted by molar-refractivity contribution is -0.137. The van der Waals surface area contributed by atoms with Crippen LogP contribution in [0.3, 0.4) is 0 Å². The second-order valence-electron chi connectivity index (χ2n) is 4.69. The molecule has 8 heteroatoms. The maximum Gasteiger partial charge on any atom is 0.416 e. The number of aromatic amines is 1. The Balaban J connectivity index is 2.17. The predicted molar refractivity (Wildman–Crippen MR) is 70.7 cm³/mol. The van der Waals surface area contributed by atoms with Crippen molar-refractivity contribution in [2.45, 2.75) is 24.9 Å². The molecule has 1 aliphatic rings. The number of alkyl halides is 3. The summed E-state index contributed by atoms with van der Waals surface area (Å²) >= 11 is 10.9. The lowest BCUT2D eigenvalue weighted by Gasteiger charge is -2.11. The number of halogens is 4. The zero-order valence-corrected chi connectivity index (χ0v) is 11.6. The molecule has 1 fully saturated rings. The van der Waals surface area contributed by atoms with E-state index in [2.05, 4.69) is 10.2 Å². The number of hydrogen-bond donors (Lipinski definition) is 1. The summed E-state index contributed by atoms with van der Waals surface area (Å²) in [5.41, 5.74) is -0.518. The lowest BCUT2D eigenvalue weighted by atomic mass is 10.2. The molecule has 1 aromatic heterocycles. The normalized spacial score (nSPS) is 15.6. The smallest absolute Gasteiger partial charge is 0.272 e. The van der Waals surface area contributed by atoms with E-state index in [4.69, 9.17) is 23.8 Å². The molecule has 106 valence electrons. The van der Waals surface area contributed by atoms with Gasteiger partial charge in [-0.05, 0) is 43.3 Å². The molecule has 3 rings (SSSR count). The van der Waals surface area contributed by atoms with Crippen LogP contribution in [0.5, 0.6) is 0 Å². The molecular formula is C12H9ClF3N3S.